The molecular weight excluding hydrogens is 277 g/mol. The fourth-order valence-corrected chi connectivity index (χ4v) is 2.14. The summed E-state index contributed by atoms with van der Waals surface area (Å²) in [6, 6.07) is 5.14. The smallest absolute Gasteiger partial charge is 0.508 e. The standard InChI is InChI=1S/C11H13ClNO4P/c1-3-17-11(15)10(13(2)18(12)16)8-4-6-9(14)7-5-8/h4-7,10H,3H2,1-2H3/p+1. The zero-order chi connectivity index (χ0) is 13.7. The lowest BCUT2D eigenvalue weighted by atomic mass is 10.1. The number of carbonyl (C=O) groups is 1. The first kappa shape index (κ1) is 14.9. The van der Waals surface area contributed by atoms with Crippen molar-refractivity contribution >= 4 is 24.5 Å². The van der Waals surface area contributed by atoms with E-state index in [1.165, 1.54) is 23.9 Å². The van der Waals surface area contributed by atoms with E-state index in [2.05, 4.69) is 0 Å². The van der Waals surface area contributed by atoms with Gasteiger partial charge in [0.1, 0.15) is 5.75 Å². The number of benzene rings is 1. The van der Waals surface area contributed by atoms with Gasteiger partial charge in [0, 0.05) is 7.05 Å². The fraction of sp³-hybridized carbons (Fsp3) is 0.364. The largest absolute Gasteiger partial charge is 0.557 e. The fourth-order valence-electron chi connectivity index (χ4n) is 1.47. The van der Waals surface area contributed by atoms with Crippen LogP contribution < -0.4 is 0 Å². The second-order valence-electron chi connectivity index (χ2n) is 3.55. The van der Waals surface area contributed by atoms with Crippen LogP contribution in [0.25, 0.3) is 0 Å². The van der Waals surface area contributed by atoms with Crippen molar-refractivity contribution in [2.24, 2.45) is 0 Å². The number of likely N-dealkylation sites (N-methyl/N-ethyl adjacent to an activating group) is 1. The number of ether oxygens (including phenoxy) is 1. The van der Waals surface area contributed by atoms with Crippen LogP contribution in [0, 0.1) is 0 Å². The number of aromatic hydroxyl groups is 1. The molecule has 0 aromatic heterocycles. The van der Waals surface area contributed by atoms with Crippen LogP contribution in [0.5, 0.6) is 5.75 Å². The maximum atomic E-state index is 11.9. The number of halogens is 1. The van der Waals surface area contributed by atoms with Crippen LogP contribution in [0.2, 0.25) is 0 Å². The van der Waals surface area contributed by atoms with E-state index in [9.17, 15) is 14.5 Å². The molecule has 7 heteroatoms. The second-order valence-corrected chi connectivity index (χ2v) is 5.50. The second kappa shape index (κ2) is 6.69. The first-order chi connectivity index (χ1) is 8.47. The van der Waals surface area contributed by atoms with Gasteiger partial charge in [-0.15, -0.1) is 0 Å². The highest BCUT2D eigenvalue weighted by atomic mass is 35.7. The molecule has 0 amide bonds. The first-order valence-electron chi connectivity index (χ1n) is 5.28. The quantitative estimate of drug-likeness (QED) is 0.667. The Morgan fingerprint density at radius 1 is 1.50 bits per heavy atom. The highest BCUT2D eigenvalue weighted by Gasteiger charge is 2.37. The number of carbonyl (C=O) groups excluding carboxylic acids is 1. The number of phenolic OH excluding ortho intramolecular Hbond substituents is 1. The Hall–Kier alpha value is -1.16. The number of rotatable bonds is 5. The normalized spacial score (nSPS) is 13.2. The molecule has 0 spiro atoms. The summed E-state index contributed by atoms with van der Waals surface area (Å²) in [5.41, 5.74) is 0.553. The van der Waals surface area contributed by atoms with Crippen LogP contribution in [-0.2, 0) is 14.1 Å². The van der Waals surface area contributed by atoms with Gasteiger partial charge in [-0.25, -0.2) is 4.79 Å². The molecule has 1 N–H and O–H groups in total. The van der Waals surface area contributed by atoms with Gasteiger partial charge in [0.25, 0.3) is 0 Å². The molecule has 1 aromatic rings. The molecule has 0 aliphatic rings. The lowest BCUT2D eigenvalue weighted by molar-refractivity contribution is -0.147. The van der Waals surface area contributed by atoms with Gasteiger partial charge in [-0.2, -0.15) is 0 Å². The van der Waals surface area contributed by atoms with Gasteiger partial charge in [-0.05, 0) is 29.2 Å². The van der Waals surface area contributed by atoms with Gasteiger partial charge < -0.3 is 9.84 Å². The Kier molecular flexibility index (Phi) is 5.54. The average Bonchev–Trinajstić information content (AvgIpc) is 2.32. The minimum Gasteiger partial charge on any atom is -0.508 e. The molecule has 0 aliphatic heterocycles. The monoisotopic (exact) mass is 290 g/mol. The van der Waals surface area contributed by atoms with Crippen LogP contribution in [0.15, 0.2) is 24.3 Å². The molecule has 0 heterocycles. The molecule has 18 heavy (non-hydrogen) atoms. The molecule has 0 saturated heterocycles. The van der Waals surface area contributed by atoms with E-state index >= 15 is 0 Å². The van der Waals surface area contributed by atoms with E-state index in [1.54, 1.807) is 19.1 Å². The highest BCUT2D eigenvalue weighted by molar-refractivity contribution is 7.71. The van der Waals surface area contributed by atoms with Crippen molar-refractivity contribution in [3.63, 3.8) is 0 Å². The van der Waals surface area contributed by atoms with Gasteiger partial charge in [-0.1, -0.05) is 16.8 Å². The number of hydrogen-bond acceptors (Lipinski definition) is 4. The number of phenols is 1. The summed E-state index contributed by atoms with van der Waals surface area (Å²) in [7, 11) is -0.711. The van der Waals surface area contributed by atoms with Gasteiger partial charge >= 0.3 is 13.3 Å². The van der Waals surface area contributed by atoms with Crippen molar-refractivity contribution < 1.29 is 19.2 Å². The van der Waals surface area contributed by atoms with E-state index < -0.39 is 19.3 Å². The summed E-state index contributed by atoms with van der Waals surface area (Å²) in [5, 5.41) is 9.21. The Bertz CT molecular complexity index is 437. The molecule has 98 valence electrons. The molecule has 1 aromatic carbocycles. The van der Waals surface area contributed by atoms with E-state index in [1.807, 2.05) is 0 Å². The van der Waals surface area contributed by atoms with Crippen molar-refractivity contribution in [3.8, 4) is 5.75 Å². The Morgan fingerprint density at radius 3 is 2.50 bits per heavy atom. The molecule has 2 atom stereocenters. The van der Waals surface area contributed by atoms with E-state index in [0.717, 1.165) is 0 Å². The Balaban J connectivity index is 3.07. The van der Waals surface area contributed by atoms with Crippen LogP contribution in [0.1, 0.15) is 18.5 Å². The van der Waals surface area contributed by atoms with Crippen molar-refractivity contribution in [1.29, 1.82) is 0 Å². The molecule has 0 saturated carbocycles. The summed E-state index contributed by atoms with van der Waals surface area (Å²) < 4.78 is 17.5. The van der Waals surface area contributed by atoms with E-state index in [-0.39, 0.29) is 12.4 Å². The summed E-state index contributed by atoms with van der Waals surface area (Å²) in [6.07, 6.45) is 0. The summed E-state index contributed by atoms with van der Waals surface area (Å²) in [6.45, 7) is 1.91. The van der Waals surface area contributed by atoms with Crippen LogP contribution in [0.3, 0.4) is 0 Å². The molecule has 0 fully saturated rings. The maximum absolute atomic E-state index is 11.9. The average molecular weight is 291 g/mol. The van der Waals surface area contributed by atoms with Crippen LogP contribution >= 0.6 is 18.5 Å². The third-order valence-corrected chi connectivity index (χ3v) is 3.78. The van der Waals surface area contributed by atoms with Gasteiger partial charge in [0.15, 0.2) is 6.04 Å². The maximum Gasteiger partial charge on any atom is 0.557 e. The van der Waals surface area contributed by atoms with Gasteiger partial charge in [-0.3, -0.25) is 0 Å². The first-order valence-corrected chi connectivity index (χ1v) is 7.40. The van der Waals surface area contributed by atoms with Crippen molar-refractivity contribution in [2.45, 2.75) is 13.0 Å². The van der Waals surface area contributed by atoms with Crippen LogP contribution in [-0.4, -0.2) is 29.4 Å². The SMILES string of the molecule is CCOC(=O)C(c1ccc(O)cc1)N(C)[P+](=O)Cl. The number of hydrogen-bond donors (Lipinski definition) is 1. The number of esters is 1. The summed E-state index contributed by atoms with van der Waals surface area (Å²) >= 11 is 5.53. The third kappa shape index (κ3) is 3.67. The molecule has 2 unspecified atom stereocenters. The molecular formula is C11H14ClNO4P+. The molecule has 5 nitrogen and oxygen atoms in total. The van der Waals surface area contributed by atoms with E-state index in [0.29, 0.717) is 5.56 Å². The lowest BCUT2D eigenvalue weighted by Gasteiger charge is -2.17. The molecule has 0 bridgehead atoms. The minimum absolute atomic E-state index is 0.0827. The van der Waals surface area contributed by atoms with Crippen molar-refractivity contribution in [3.05, 3.63) is 29.8 Å². The van der Waals surface area contributed by atoms with Crippen molar-refractivity contribution in [2.75, 3.05) is 13.7 Å². The third-order valence-electron chi connectivity index (χ3n) is 2.34. The predicted octanol–water partition coefficient (Wildman–Crippen LogP) is 2.82. The van der Waals surface area contributed by atoms with Gasteiger partial charge in [0.05, 0.1) is 6.61 Å². The van der Waals surface area contributed by atoms with E-state index in [4.69, 9.17) is 16.0 Å². The Morgan fingerprint density at radius 2 is 2.06 bits per heavy atom. The predicted molar refractivity (Wildman–Crippen MR) is 68.7 cm³/mol. The number of nitrogens with zero attached hydrogens (tertiary/aromatic N) is 1. The molecule has 0 radical (unpaired) electrons. The van der Waals surface area contributed by atoms with Crippen molar-refractivity contribution in [1.82, 2.24) is 4.67 Å². The minimum atomic E-state index is -2.18. The lowest BCUT2D eigenvalue weighted by Crippen LogP contribution is -2.27. The zero-order valence-corrected chi connectivity index (χ0v) is 11.7. The zero-order valence-electron chi connectivity index (χ0n) is 10.0. The van der Waals surface area contributed by atoms with Crippen LogP contribution in [0.4, 0.5) is 0 Å². The topological polar surface area (TPSA) is 66.8 Å². The Labute approximate surface area is 111 Å². The highest BCUT2D eigenvalue weighted by Crippen LogP contribution is 2.39. The van der Waals surface area contributed by atoms with Gasteiger partial charge in [0.2, 0.25) is 11.2 Å². The molecule has 1 rings (SSSR count). The summed E-state index contributed by atoms with van der Waals surface area (Å²) in [4.78, 5) is 11.9. The molecule has 0 aliphatic carbocycles. The summed E-state index contributed by atoms with van der Waals surface area (Å²) in [5.74, 6) is -0.450.